The lowest BCUT2D eigenvalue weighted by atomic mass is 10.0. The number of aromatic nitrogens is 2. The number of nitrogens with zero attached hydrogens (tertiary/aromatic N) is 2. The summed E-state index contributed by atoms with van der Waals surface area (Å²) in [4.78, 5) is 4.09. The molecule has 1 aromatic carbocycles. The Hall–Kier alpha value is -1.91. The topological polar surface area (TPSA) is 50.1 Å². The zero-order valence-corrected chi connectivity index (χ0v) is 15.4. The number of rotatable bonds is 6. The summed E-state index contributed by atoms with van der Waals surface area (Å²) in [5, 5.41) is 13.8. The predicted molar refractivity (Wildman–Crippen MR) is 102 cm³/mol. The van der Waals surface area contributed by atoms with Gasteiger partial charge in [0.25, 0.3) is 0 Å². The number of imidazole rings is 1. The molecule has 0 spiro atoms. The van der Waals surface area contributed by atoms with Crippen LogP contribution in [-0.2, 0) is 6.54 Å². The first kappa shape index (κ1) is 17.9. The molecule has 25 heavy (non-hydrogen) atoms. The van der Waals surface area contributed by atoms with Gasteiger partial charge in [0.1, 0.15) is 0 Å². The third kappa shape index (κ3) is 4.59. The van der Waals surface area contributed by atoms with Crippen molar-refractivity contribution in [3.63, 3.8) is 0 Å². The molecule has 0 amide bonds. The molecule has 0 saturated heterocycles. The Balaban J connectivity index is 1.49. The third-order valence-electron chi connectivity index (χ3n) is 5.33. The molecule has 1 heterocycles. The smallest absolute Gasteiger partial charge is 0.0945 e. The van der Waals surface area contributed by atoms with Gasteiger partial charge >= 0.3 is 0 Å². The summed E-state index contributed by atoms with van der Waals surface area (Å²) < 4.78 is 2.10. The van der Waals surface area contributed by atoms with Crippen LogP contribution in [0.15, 0.2) is 36.9 Å². The van der Waals surface area contributed by atoms with Crippen LogP contribution in [0.2, 0.25) is 0 Å². The Labute approximate surface area is 150 Å². The van der Waals surface area contributed by atoms with Gasteiger partial charge in [-0.25, -0.2) is 4.98 Å². The van der Waals surface area contributed by atoms with Crippen LogP contribution in [0.5, 0.6) is 0 Å². The first-order chi connectivity index (χ1) is 12.0. The largest absolute Gasteiger partial charge is 0.391 e. The second kappa shape index (κ2) is 7.98. The molecular weight excluding hydrogens is 310 g/mol. The molecule has 1 aromatic heterocycles. The minimum Gasteiger partial charge on any atom is -0.391 e. The predicted octanol–water partition coefficient (Wildman–Crippen LogP) is 3.25. The van der Waals surface area contributed by atoms with Crippen LogP contribution < -0.4 is 5.32 Å². The maximum atomic E-state index is 10.3. The fourth-order valence-electron chi connectivity index (χ4n) is 3.75. The lowest BCUT2D eigenvalue weighted by molar-refractivity contribution is 0.148. The Morgan fingerprint density at radius 3 is 2.76 bits per heavy atom. The van der Waals surface area contributed by atoms with E-state index in [2.05, 4.69) is 59.9 Å². The summed E-state index contributed by atoms with van der Waals surface area (Å²) in [5.74, 6) is 0.507. The van der Waals surface area contributed by atoms with Crippen LogP contribution >= 0.6 is 0 Å². The standard InChI is InChI=1S/C21H29N3O/c1-15-9-17(3)19(10-16(15)2)5-4-6-23-20-11-18(12-21(20)25)13-24-8-7-22-14-24/h4-5,7-10,14,18,20-21,23,25H,6,11-13H2,1-3H3/b5-4+/t18?,20-,21-/m1/s1. The van der Waals surface area contributed by atoms with E-state index in [4.69, 9.17) is 0 Å². The highest BCUT2D eigenvalue weighted by molar-refractivity contribution is 5.56. The molecule has 0 bridgehead atoms. The maximum absolute atomic E-state index is 10.3. The van der Waals surface area contributed by atoms with Crippen molar-refractivity contribution in [2.45, 2.75) is 52.3 Å². The number of hydrogen-bond acceptors (Lipinski definition) is 3. The van der Waals surface area contributed by atoms with Crippen LogP contribution in [0.1, 0.15) is 35.1 Å². The van der Waals surface area contributed by atoms with Gasteiger partial charge in [-0.15, -0.1) is 0 Å². The van der Waals surface area contributed by atoms with E-state index >= 15 is 0 Å². The maximum Gasteiger partial charge on any atom is 0.0945 e. The van der Waals surface area contributed by atoms with Crippen LogP contribution in [0.3, 0.4) is 0 Å². The average molecular weight is 339 g/mol. The summed E-state index contributed by atoms with van der Waals surface area (Å²) in [6.07, 6.45) is 11.6. The van der Waals surface area contributed by atoms with E-state index in [1.807, 2.05) is 12.5 Å². The quantitative estimate of drug-likeness (QED) is 0.849. The fraction of sp³-hybridized carbons (Fsp3) is 0.476. The van der Waals surface area contributed by atoms with Gasteiger partial charge in [0.05, 0.1) is 12.4 Å². The van der Waals surface area contributed by atoms with Gasteiger partial charge in [0.15, 0.2) is 0 Å². The van der Waals surface area contributed by atoms with E-state index in [-0.39, 0.29) is 12.1 Å². The van der Waals surface area contributed by atoms with Gasteiger partial charge < -0.3 is 15.0 Å². The monoisotopic (exact) mass is 339 g/mol. The molecule has 1 unspecified atom stereocenters. The highest BCUT2D eigenvalue weighted by atomic mass is 16.3. The average Bonchev–Trinajstić information content (AvgIpc) is 3.19. The van der Waals surface area contributed by atoms with Gasteiger partial charge in [0.2, 0.25) is 0 Å². The molecular formula is C21H29N3O. The van der Waals surface area contributed by atoms with E-state index in [0.29, 0.717) is 5.92 Å². The Kier molecular flexibility index (Phi) is 5.71. The number of aliphatic hydroxyl groups excluding tert-OH is 1. The normalized spacial score (nSPS) is 23.6. The molecule has 4 nitrogen and oxygen atoms in total. The summed E-state index contributed by atoms with van der Waals surface area (Å²) in [5.41, 5.74) is 5.24. The molecule has 3 atom stereocenters. The number of aliphatic hydroxyl groups is 1. The van der Waals surface area contributed by atoms with Crippen LogP contribution in [0.25, 0.3) is 6.08 Å². The molecule has 1 aliphatic rings. The summed E-state index contributed by atoms with van der Waals surface area (Å²) in [6, 6.07) is 4.66. The molecule has 1 fully saturated rings. The molecule has 2 N–H and O–H groups in total. The molecule has 1 aliphatic carbocycles. The van der Waals surface area contributed by atoms with E-state index in [1.165, 1.54) is 22.3 Å². The minimum absolute atomic E-state index is 0.180. The van der Waals surface area contributed by atoms with Crippen molar-refractivity contribution in [2.75, 3.05) is 6.54 Å². The Morgan fingerprint density at radius 2 is 2.00 bits per heavy atom. The van der Waals surface area contributed by atoms with Gasteiger partial charge in [-0.1, -0.05) is 24.3 Å². The minimum atomic E-state index is -0.259. The Morgan fingerprint density at radius 1 is 1.20 bits per heavy atom. The zero-order chi connectivity index (χ0) is 17.8. The zero-order valence-electron chi connectivity index (χ0n) is 15.4. The van der Waals surface area contributed by atoms with Crippen molar-refractivity contribution >= 4 is 6.08 Å². The molecule has 134 valence electrons. The SMILES string of the molecule is Cc1cc(C)c(/C=C/CN[C@@H]2CC(Cn3ccnc3)C[C@H]2O)cc1C. The fourth-order valence-corrected chi connectivity index (χ4v) is 3.75. The first-order valence-electron chi connectivity index (χ1n) is 9.14. The van der Waals surface area contributed by atoms with Crippen molar-refractivity contribution in [3.05, 3.63) is 59.2 Å². The molecule has 0 aliphatic heterocycles. The number of benzene rings is 1. The second-order valence-corrected chi connectivity index (χ2v) is 7.37. The van der Waals surface area contributed by atoms with Gasteiger partial charge in [-0.3, -0.25) is 0 Å². The Bertz CT molecular complexity index is 721. The van der Waals surface area contributed by atoms with Crippen molar-refractivity contribution in [2.24, 2.45) is 5.92 Å². The van der Waals surface area contributed by atoms with Gasteiger partial charge in [-0.05, 0) is 61.8 Å². The molecule has 2 aromatic rings. The number of nitrogens with one attached hydrogen (secondary N) is 1. The number of aryl methyl sites for hydroxylation is 3. The first-order valence-corrected chi connectivity index (χ1v) is 9.14. The van der Waals surface area contributed by atoms with Crippen molar-refractivity contribution < 1.29 is 5.11 Å². The molecule has 3 rings (SSSR count). The number of hydrogen-bond donors (Lipinski definition) is 2. The van der Waals surface area contributed by atoms with E-state index < -0.39 is 0 Å². The van der Waals surface area contributed by atoms with Gasteiger partial charge in [-0.2, -0.15) is 0 Å². The van der Waals surface area contributed by atoms with E-state index in [9.17, 15) is 5.11 Å². The van der Waals surface area contributed by atoms with Crippen LogP contribution in [-0.4, -0.2) is 33.3 Å². The highest BCUT2D eigenvalue weighted by Gasteiger charge is 2.32. The van der Waals surface area contributed by atoms with E-state index in [0.717, 1.165) is 25.9 Å². The summed E-state index contributed by atoms with van der Waals surface area (Å²) >= 11 is 0. The van der Waals surface area contributed by atoms with Crippen LogP contribution in [0.4, 0.5) is 0 Å². The molecule has 4 heteroatoms. The van der Waals surface area contributed by atoms with Crippen LogP contribution in [0, 0.1) is 26.7 Å². The van der Waals surface area contributed by atoms with Crippen molar-refractivity contribution in [1.29, 1.82) is 0 Å². The highest BCUT2D eigenvalue weighted by Crippen LogP contribution is 2.27. The summed E-state index contributed by atoms with van der Waals surface area (Å²) in [7, 11) is 0. The summed E-state index contributed by atoms with van der Waals surface area (Å²) in [6.45, 7) is 8.18. The third-order valence-corrected chi connectivity index (χ3v) is 5.33. The lowest BCUT2D eigenvalue weighted by Gasteiger charge is -2.15. The van der Waals surface area contributed by atoms with E-state index in [1.54, 1.807) is 6.20 Å². The molecule has 1 saturated carbocycles. The molecule has 0 radical (unpaired) electrons. The lowest BCUT2D eigenvalue weighted by Crippen LogP contribution is -2.35. The van der Waals surface area contributed by atoms with Crippen molar-refractivity contribution in [3.8, 4) is 0 Å². The second-order valence-electron chi connectivity index (χ2n) is 7.37. The van der Waals surface area contributed by atoms with Crippen molar-refractivity contribution in [1.82, 2.24) is 14.9 Å². The van der Waals surface area contributed by atoms with Gasteiger partial charge in [0, 0.05) is 31.5 Å².